The third kappa shape index (κ3) is 8.71. The third-order valence-corrected chi connectivity index (χ3v) is 8.67. The van der Waals surface area contributed by atoms with Crippen LogP contribution in [0.15, 0.2) is 48.5 Å². The molecule has 0 saturated carbocycles. The second-order valence-corrected chi connectivity index (χ2v) is 12.1. The van der Waals surface area contributed by atoms with Gasteiger partial charge in [0.1, 0.15) is 48.8 Å². The molecule has 21 heteroatoms. The maximum Gasteiger partial charge on any atom is 0.475 e. The minimum Gasteiger partial charge on any atom is -0.394 e. The molecular formula is C26H33N2O18P. The molecule has 0 bridgehead atoms. The zero-order valence-electron chi connectivity index (χ0n) is 24.2. The highest BCUT2D eigenvalue weighted by Gasteiger charge is 2.50. The molecule has 2 heterocycles. The first-order valence-electron chi connectivity index (χ1n) is 13.9. The van der Waals surface area contributed by atoms with E-state index < -0.39 is 117 Å². The summed E-state index contributed by atoms with van der Waals surface area (Å²) in [5.41, 5.74) is -0.879. The fourth-order valence-corrected chi connectivity index (χ4v) is 5.82. The second kappa shape index (κ2) is 15.9. The maximum absolute atomic E-state index is 13.8. The van der Waals surface area contributed by atoms with Crippen LogP contribution in [0.3, 0.4) is 0 Å². The molecule has 2 saturated heterocycles. The number of ether oxygens (including phenoxy) is 3. The number of aliphatic hydroxyl groups is 7. The number of phosphoric ester groups is 1. The summed E-state index contributed by atoms with van der Waals surface area (Å²) >= 11 is 0. The molecule has 2 aliphatic heterocycles. The first-order chi connectivity index (χ1) is 22.3. The van der Waals surface area contributed by atoms with Crippen molar-refractivity contribution in [1.29, 1.82) is 0 Å². The number of benzene rings is 2. The van der Waals surface area contributed by atoms with Gasteiger partial charge in [0.15, 0.2) is 12.6 Å². The maximum atomic E-state index is 13.8. The number of phosphoric acid groups is 1. The Balaban J connectivity index is 1.52. The normalized spacial score (nSPS) is 31.4. The summed E-state index contributed by atoms with van der Waals surface area (Å²) in [5, 5.41) is 94.1. The van der Waals surface area contributed by atoms with Crippen molar-refractivity contribution in [3.63, 3.8) is 0 Å². The monoisotopic (exact) mass is 692 g/mol. The Labute approximate surface area is 265 Å². The number of hydrogen-bond acceptors (Lipinski definition) is 18. The van der Waals surface area contributed by atoms with Crippen LogP contribution in [0.4, 0.5) is 11.4 Å². The molecule has 0 radical (unpaired) electrons. The van der Waals surface area contributed by atoms with E-state index in [-0.39, 0.29) is 11.1 Å². The molecular weight excluding hydrogens is 659 g/mol. The van der Waals surface area contributed by atoms with Crippen LogP contribution in [-0.4, -0.2) is 120 Å². The van der Waals surface area contributed by atoms with E-state index >= 15 is 0 Å². The predicted molar refractivity (Wildman–Crippen MR) is 151 cm³/mol. The molecule has 47 heavy (non-hydrogen) atoms. The zero-order chi connectivity index (χ0) is 34.5. The Hall–Kier alpha value is -3.05. The number of nitrogens with zero attached hydrogens (tertiary/aromatic N) is 2. The van der Waals surface area contributed by atoms with Gasteiger partial charge in [0.05, 0.1) is 47.4 Å². The number of nitro groups is 2. The van der Waals surface area contributed by atoms with Gasteiger partial charge in [-0.2, -0.15) is 0 Å². The molecule has 7 N–H and O–H groups in total. The van der Waals surface area contributed by atoms with E-state index in [1.807, 2.05) is 0 Å². The topological polar surface area (TPSA) is 300 Å². The lowest BCUT2D eigenvalue weighted by atomic mass is 9.98. The van der Waals surface area contributed by atoms with Gasteiger partial charge >= 0.3 is 7.82 Å². The van der Waals surface area contributed by atoms with Gasteiger partial charge in [-0.25, -0.2) is 4.57 Å². The molecule has 0 aromatic heterocycles. The zero-order valence-corrected chi connectivity index (χ0v) is 25.1. The van der Waals surface area contributed by atoms with E-state index in [9.17, 15) is 60.5 Å². The highest BCUT2D eigenvalue weighted by atomic mass is 31.2. The second-order valence-electron chi connectivity index (χ2n) is 10.4. The predicted octanol–water partition coefficient (Wildman–Crippen LogP) is -1.01. The van der Waals surface area contributed by atoms with Gasteiger partial charge in [-0.05, 0) is 12.1 Å². The molecule has 20 nitrogen and oxygen atoms in total. The van der Waals surface area contributed by atoms with E-state index in [2.05, 4.69) is 0 Å². The first kappa shape index (κ1) is 36.8. The summed E-state index contributed by atoms with van der Waals surface area (Å²) in [7, 11) is -4.85. The first-order valence-corrected chi connectivity index (χ1v) is 15.4. The number of hydrogen-bond donors (Lipinski definition) is 7. The van der Waals surface area contributed by atoms with Gasteiger partial charge in [-0.3, -0.25) is 33.8 Å². The summed E-state index contributed by atoms with van der Waals surface area (Å²) in [6, 6.07) is 10.6. The van der Waals surface area contributed by atoms with Gasteiger partial charge in [0.2, 0.25) is 0 Å². The van der Waals surface area contributed by atoms with Crippen LogP contribution >= 0.6 is 7.82 Å². The standard InChI is InChI=1S/C26H33N2O18P/c29-9-17-19(30)21(32)23(34)25(44-17)46-26-24(35)22(33)20(31)18(45-26)12-43-47(40,41-10-13-5-1-3-7-15(13)27(36)37)42-11-14-6-2-4-8-16(14)28(38)39/h1-8,17-26,29-35H,9-12H2/t17-,18?,19-,20-,21?,22?,23?,24+,25-,26-/m1/s1. The summed E-state index contributed by atoms with van der Waals surface area (Å²) in [5.74, 6) is 0. The van der Waals surface area contributed by atoms with E-state index in [0.29, 0.717) is 0 Å². The lowest BCUT2D eigenvalue weighted by molar-refractivity contribution is -0.385. The van der Waals surface area contributed by atoms with Gasteiger partial charge in [-0.1, -0.05) is 24.3 Å². The Kier molecular flexibility index (Phi) is 12.4. The lowest BCUT2D eigenvalue weighted by Crippen LogP contribution is -2.63. The van der Waals surface area contributed by atoms with Crippen molar-refractivity contribution in [2.75, 3.05) is 13.2 Å². The molecule has 4 rings (SSSR count). The minimum absolute atomic E-state index is 0.0453. The fourth-order valence-electron chi connectivity index (χ4n) is 4.67. The molecule has 2 aromatic rings. The molecule has 4 unspecified atom stereocenters. The van der Waals surface area contributed by atoms with Gasteiger partial charge in [-0.15, -0.1) is 0 Å². The molecule has 2 fully saturated rings. The highest BCUT2D eigenvalue weighted by molar-refractivity contribution is 7.48. The third-order valence-electron chi connectivity index (χ3n) is 7.32. The van der Waals surface area contributed by atoms with Crippen molar-refractivity contribution in [2.45, 2.75) is 74.6 Å². The van der Waals surface area contributed by atoms with Crippen molar-refractivity contribution in [2.24, 2.45) is 0 Å². The van der Waals surface area contributed by atoms with Crippen LogP contribution in [0, 0.1) is 20.2 Å². The van der Waals surface area contributed by atoms with Crippen molar-refractivity contribution >= 4 is 19.2 Å². The molecule has 2 aromatic carbocycles. The Morgan fingerprint density at radius 2 is 1.09 bits per heavy atom. The van der Waals surface area contributed by atoms with Crippen molar-refractivity contribution in [3.8, 4) is 0 Å². The van der Waals surface area contributed by atoms with E-state index in [1.54, 1.807) is 0 Å². The largest absolute Gasteiger partial charge is 0.475 e. The average Bonchev–Trinajstić information content (AvgIpc) is 3.06. The molecule has 0 amide bonds. The molecule has 0 spiro atoms. The van der Waals surface area contributed by atoms with Crippen LogP contribution < -0.4 is 0 Å². The van der Waals surface area contributed by atoms with Gasteiger partial charge in [0, 0.05) is 12.1 Å². The summed E-state index contributed by atoms with van der Waals surface area (Å²) in [6.07, 6.45) is -18.3. The van der Waals surface area contributed by atoms with Crippen molar-refractivity contribution < 1.29 is 77.9 Å². The Morgan fingerprint density at radius 1 is 0.660 bits per heavy atom. The van der Waals surface area contributed by atoms with Crippen LogP contribution in [0.25, 0.3) is 0 Å². The molecule has 10 atom stereocenters. The van der Waals surface area contributed by atoms with E-state index in [0.717, 1.165) is 12.1 Å². The number of aliphatic hydroxyl groups excluding tert-OH is 7. The summed E-state index contributed by atoms with van der Waals surface area (Å²) in [4.78, 5) is 21.4. The van der Waals surface area contributed by atoms with Crippen LogP contribution in [-0.2, 0) is 45.6 Å². The molecule has 0 aliphatic carbocycles. The van der Waals surface area contributed by atoms with Crippen LogP contribution in [0.2, 0.25) is 0 Å². The van der Waals surface area contributed by atoms with Crippen molar-refractivity contribution in [1.82, 2.24) is 0 Å². The Morgan fingerprint density at radius 3 is 1.53 bits per heavy atom. The fraction of sp³-hybridized carbons (Fsp3) is 0.538. The summed E-state index contributed by atoms with van der Waals surface area (Å²) in [6.45, 7) is -3.14. The van der Waals surface area contributed by atoms with Crippen LogP contribution in [0.1, 0.15) is 11.1 Å². The minimum atomic E-state index is -4.85. The number of rotatable bonds is 14. The molecule has 2 aliphatic rings. The van der Waals surface area contributed by atoms with E-state index in [4.69, 9.17) is 27.8 Å². The average molecular weight is 693 g/mol. The lowest BCUT2D eigenvalue weighted by Gasteiger charge is -2.44. The highest BCUT2D eigenvalue weighted by Crippen LogP contribution is 2.52. The smallest absolute Gasteiger partial charge is 0.394 e. The number of para-hydroxylation sites is 2. The number of nitro benzene ring substituents is 2. The van der Waals surface area contributed by atoms with Gasteiger partial charge < -0.3 is 50.0 Å². The van der Waals surface area contributed by atoms with Crippen molar-refractivity contribution in [3.05, 3.63) is 79.9 Å². The SMILES string of the molecule is O=[N+]([O-])c1ccccc1COP(=O)(OCc1ccccc1[N+](=O)[O-])OCC1O[C@H](O[C@H]2O[C@H](CO)[C@@H](O)C(O)C2O)[C@@H](O)C(O)[C@@H]1O. The van der Waals surface area contributed by atoms with Crippen LogP contribution in [0.5, 0.6) is 0 Å². The van der Waals surface area contributed by atoms with Gasteiger partial charge in [0.25, 0.3) is 11.4 Å². The Bertz CT molecular complexity index is 1370. The molecule has 260 valence electrons. The summed E-state index contributed by atoms with van der Waals surface area (Å²) < 4.78 is 45.8. The van der Waals surface area contributed by atoms with E-state index in [1.165, 1.54) is 36.4 Å². The quantitative estimate of drug-likeness (QED) is 0.0708.